The van der Waals surface area contributed by atoms with Crippen molar-refractivity contribution >= 4 is 32.7 Å². The van der Waals surface area contributed by atoms with Crippen molar-refractivity contribution in [2.45, 2.75) is 5.75 Å². The van der Waals surface area contributed by atoms with Crippen LogP contribution in [0.1, 0.15) is 15.9 Å². The summed E-state index contributed by atoms with van der Waals surface area (Å²) in [5, 5.41) is 0.826. The van der Waals surface area contributed by atoms with E-state index in [1.807, 2.05) is 65.6 Å². The number of nitrogens with zero attached hydrogens (tertiary/aromatic N) is 4. The number of rotatable bonds is 5. The number of piperazine rings is 1. The largest absolute Gasteiger partial charge is 0.378 e. The topological polar surface area (TPSA) is 83.1 Å². The molecular formula is C25H28N4O4S. The first kappa shape index (κ1) is 22.8. The molecule has 0 atom stereocenters. The molecule has 0 spiro atoms. The van der Waals surface area contributed by atoms with E-state index in [0.29, 0.717) is 63.9 Å². The molecule has 5 rings (SSSR count). The van der Waals surface area contributed by atoms with Gasteiger partial charge in [-0.3, -0.25) is 4.79 Å². The molecule has 3 heterocycles. The van der Waals surface area contributed by atoms with Gasteiger partial charge in [-0.25, -0.2) is 13.4 Å². The van der Waals surface area contributed by atoms with Crippen LogP contribution >= 0.6 is 0 Å². The van der Waals surface area contributed by atoms with Gasteiger partial charge in [-0.05, 0) is 17.7 Å². The zero-order valence-electron chi connectivity index (χ0n) is 19.0. The normalized spacial score (nSPS) is 17.8. The van der Waals surface area contributed by atoms with Gasteiger partial charge in [0.1, 0.15) is 5.82 Å². The number of benzene rings is 2. The lowest BCUT2D eigenvalue weighted by Gasteiger charge is -2.35. The fourth-order valence-electron chi connectivity index (χ4n) is 4.51. The van der Waals surface area contributed by atoms with Crippen LogP contribution in [0.4, 0.5) is 5.82 Å². The zero-order valence-corrected chi connectivity index (χ0v) is 19.8. The fraction of sp³-hybridized carbons (Fsp3) is 0.360. The van der Waals surface area contributed by atoms with Gasteiger partial charge in [0.25, 0.3) is 5.91 Å². The standard InChI is InChI=1S/C25H28N4O4S/c30-25(28-14-16-33-17-15-28)22-18-24(26-23-9-5-4-8-21(22)23)27-10-12-29(13-11-27)34(31,32)19-20-6-2-1-3-7-20/h1-9,18H,10-17,19H2. The van der Waals surface area contributed by atoms with Gasteiger partial charge < -0.3 is 14.5 Å². The number of para-hydroxylation sites is 1. The molecule has 8 nitrogen and oxygen atoms in total. The van der Waals surface area contributed by atoms with Crippen LogP contribution in [0.5, 0.6) is 0 Å². The van der Waals surface area contributed by atoms with Crippen LogP contribution in [0.2, 0.25) is 0 Å². The van der Waals surface area contributed by atoms with Gasteiger partial charge in [-0.2, -0.15) is 4.31 Å². The Morgan fingerprint density at radius 1 is 0.882 bits per heavy atom. The smallest absolute Gasteiger partial charge is 0.254 e. The molecule has 9 heteroatoms. The highest BCUT2D eigenvalue weighted by Crippen LogP contribution is 2.26. The third kappa shape index (κ3) is 4.77. The van der Waals surface area contributed by atoms with Crippen LogP contribution in [0, 0.1) is 0 Å². The summed E-state index contributed by atoms with van der Waals surface area (Å²) in [6.45, 7) is 4.04. The molecule has 2 aromatic carbocycles. The summed E-state index contributed by atoms with van der Waals surface area (Å²) in [4.78, 5) is 22.0. The lowest BCUT2D eigenvalue weighted by molar-refractivity contribution is 0.0304. The van der Waals surface area contributed by atoms with E-state index < -0.39 is 10.0 Å². The van der Waals surface area contributed by atoms with Gasteiger partial charge in [0.2, 0.25) is 10.0 Å². The van der Waals surface area contributed by atoms with Crippen LogP contribution in [0.15, 0.2) is 60.7 Å². The number of carbonyl (C=O) groups excluding carboxylic acids is 1. The number of sulfonamides is 1. The van der Waals surface area contributed by atoms with Gasteiger partial charge in [-0.15, -0.1) is 0 Å². The molecule has 178 valence electrons. The number of hydrogen-bond donors (Lipinski definition) is 0. The maximum absolute atomic E-state index is 13.3. The van der Waals surface area contributed by atoms with E-state index in [0.717, 1.165) is 16.5 Å². The Morgan fingerprint density at radius 2 is 1.56 bits per heavy atom. The molecule has 0 radical (unpaired) electrons. The second-order valence-electron chi connectivity index (χ2n) is 8.58. The summed E-state index contributed by atoms with van der Waals surface area (Å²) in [7, 11) is -3.40. The minimum absolute atomic E-state index is 0.000261. The molecule has 34 heavy (non-hydrogen) atoms. The second kappa shape index (κ2) is 9.69. The van der Waals surface area contributed by atoms with Crippen molar-refractivity contribution < 1.29 is 17.9 Å². The third-order valence-electron chi connectivity index (χ3n) is 6.38. The molecule has 2 aliphatic heterocycles. The van der Waals surface area contributed by atoms with E-state index in [1.165, 1.54) is 0 Å². The Kier molecular flexibility index (Phi) is 6.49. The number of fused-ring (bicyclic) bond motifs is 1. The number of amides is 1. The highest BCUT2D eigenvalue weighted by atomic mass is 32.2. The van der Waals surface area contributed by atoms with Crippen LogP contribution in [-0.2, 0) is 20.5 Å². The SMILES string of the molecule is O=C(c1cc(N2CCN(S(=O)(=O)Cc3ccccc3)CC2)nc2ccccc12)N1CCOCC1. The summed E-state index contributed by atoms with van der Waals surface area (Å²) in [6, 6.07) is 18.8. The molecule has 0 N–H and O–H groups in total. The van der Waals surface area contributed by atoms with Gasteiger partial charge in [0, 0.05) is 44.7 Å². The lowest BCUT2D eigenvalue weighted by Crippen LogP contribution is -2.49. The summed E-state index contributed by atoms with van der Waals surface area (Å²) in [5.41, 5.74) is 2.17. The maximum atomic E-state index is 13.3. The first-order valence-electron chi connectivity index (χ1n) is 11.5. The molecule has 0 unspecified atom stereocenters. The molecule has 0 aliphatic carbocycles. The van der Waals surface area contributed by atoms with Crippen LogP contribution in [0.3, 0.4) is 0 Å². The Morgan fingerprint density at radius 3 is 2.29 bits per heavy atom. The molecule has 2 fully saturated rings. The Bertz CT molecular complexity index is 1270. The highest BCUT2D eigenvalue weighted by molar-refractivity contribution is 7.88. The average molecular weight is 481 g/mol. The molecular weight excluding hydrogens is 452 g/mol. The van der Waals surface area contributed by atoms with Gasteiger partial charge in [-0.1, -0.05) is 48.5 Å². The molecule has 2 saturated heterocycles. The lowest BCUT2D eigenvalue weighted by atomic mass is 10.1. The highest BCUT2D eigenvalue weighted by Gasteiger charge is 2.29. The molecule has 0 bridgehead atoms. The Labute approximate surface area is 199 Å². The van der Waals surface area contributed by atoms with Crippen LogP contribution in [-0.4, -0.2) is 81.0 Å². The maximum Gasteiger partial charge on any atom is 0.254 e. The van der Waals surface area contributed by atoms with Gasteiger partial charge in [0.05, 0.1) is 30.0 Å². The van der Waals surface area contributed by atoms with Crippen LogP contribution in [0.25, 0.3) is 10.9 Å². The number of anilines is 1. The molecule has 3 aromatic rings. The van der Waals surface area contributed by atoms with Crippen molar-refractivity contribution in [2.75, 3.05) is 57.4 Å². The minimum atomic E-state index is -3.40. The number of hydrogen-bond acceptors (Lipinski definition) is 6. The molecule has 2 aliphatic rings. The van der Waals surface area contributed by atoms with Gasteiger partial charge >= 0.3 is 0 Å². The van der Waals surface area contributed by atoms with E-state index in [9.17, 15) is 13.2 Å². The molecule has 0 saturated carbocycles. The first-order chi connectivity index (χ1) is 16.5. The third-order valence-corrected chi connectivity index (χ3v) is 8.23. The van der Waals surface area contributed by atoms with Crippen molar-refractivity contribution in [3.05, 3.63) is 71.8 Å². The minimum Gasteiger partial charge on any atom is -0.378 e. The van der Waals surface area contributed by atoms with E-state index in [2.05, 4.69) is 4.90 Å². The summed E-state index contributed by atoms with van der Waals surface area (Å²) in [5.74, 6) is 0.683. The molecule has 1 amide bonds. The summed E-state index contributed by atoms with van der Waals surface area (Å²) < 4.78 is 32.8. The Hall–Kier alpha value is -3.01. The first-order valence-corrected chi connectivity index (χ1v) is 13.2. The van der Waals surface area contributed by atoms with Crippen molar-refractivity contribution in [1.29, 1.82) is 0 Å². The predicted octanol–water partition coefficient (Wildman–Crippen LogP) is 2.36. The fourth-order valence-corrected chi connectivity index (χ4v) is 6.02. The van der Waals surface area contributed by atoms with Crippen molar-refractivity contribution in [1.82, 2.24) is 14.2 Å². The van der Waals surface area contributed by atoms with Crippen molar-refractivity contribution in [2.24, 2.45) is 0 Å². The number of ether oxygens (including phenoxy) is 1. The second-order valence-corrected chi connectivity index (χ2v) is 10.5. The number of morpholine rings is 1. The number of aromatic nitrogens is 1. The average Bonchev–Trinajstić information content (AvgIpc) is 2.88. The van der Waals surface area contributed by atoms with E-state index >= 15 is 0 Å². The predicted molar refractivity (Wildman–Crippen MR) is 131 cm³/mol. The Balaban J connectivity index is 1.35. The monoisotopic (exact) mass is 480 g/mol. The number of pyridine rings is 1. The van der Waals surface area contributed by atoms with E-state index in [-0.39, 0.29) is 11.7 Å². The van der Waals surface area contributed by atoms with Crippen molar-refractivity contribution in [3.8, 4) is 0 Å². The summed E-state index contributed by atoms with van der Waals surface area (Å²) >= 11 is 0. The van der Waals surface area contributed by atoms with Gasteiger partial charge in [0.15, 0.2) is 0 Å². The van der Waals surface area contributed by atoms with E-state index in [1.54, 1.807) is 4.31 Å². The summed E-state index contributed by atoms with van der Waals surface area (Å²) in [6.07, 6.45) is 0. The quantitative estimate of drug-likeness (QED) is 0.558. The zero-order chi connectivity index (χ0) is 23.5. The number of carbonyl (C=O) groups is 1. The van der Waals surface area contributed by atoms with Crippen LogP contribution < -0.4 is 4.90 Å². The molecule has 1 aromatic heterocycles. The van der Waals surface area contributed by atoms with Crippen molar-refractivity contribution in [3.63, 3.8) is 0 Å². The van der Waals surface area contributed by atoms with E-state index in [4.69, 9.17) is 9.72 Å².